The molecule has 0 fully saturated rings. The third-order valence-electron chi connectivity index (χ3n) is 3.60. The number of ether oxygens (including phenoxy) is 1. The smallest absolute Gasteiger partial charge is 0.319 e. The Hall–Kier alpha value is -2.62. The van der Waals surface area contributed by atoms with Gasteiger partial charge in [0.15, 0.2) is 0 Å². The summed E-state index contributed by atoms with van der Waals surface area (Å²) < 4.78 is 5.45. The number of carbonyl (C=O) groups excluding carboxylic acids is 2. The van der Waals surface area contributed by atoms with Gasteiger partial charge in [0.25, 0.3) is 0 Å². The van der Waals surface area contributed by atoms with Crippen molar-refractivity contribution in [1.82, 2.24) is 5.32 Å². The highest BCUT2D eigenvalue weighted by atomic mass is 16.6. The summed E-state index contributed by atoms with van der Waals surface area (Å²) in [6.07, 6.45) is 0.316. The van der Waals surface area contributed by atoms with Gasteiger partial charge in [0.1, 0.15) is 11.5 Å². The zero-order chi connectivity index (χ0) is 18.3. The average Bonchev–Trinajstić information content (AvgIpc) is 2.58. The molecule has 0 aliphatic heterocycles. The first kappa shape index (κ1) is 18.7. The van der Waals surface area contributed by atoms with E-state index < -0.39 is 17.5 Å². The summed E-state index contributed by atoms with van der Waals surface area (Å²) in [7, 11) is 0. The molecule has 2 aromatic rings. The van der Waals surface area contributed by atoms with Gasteiger partial charge in [-0.15, -0.1) is 0 Å². The van der Waals surface area contributed by atoms with Crippen LogP contribution in [0, 0.1) is 5.92 Å². The number of carbonyl (C=O) groups is 2. The second kappa shape index (κ2) is 8.47. The molecule has 0 unspecified atom stereocenters. The third kappa shape index (κ3) is 6.42. The Labute approximate surface area is 149 Å². The lowest BCUT2D eigenvalue weighted by atomic mass is 9.98. The minimum Gasteiger partial charge on any atom is -0.459 e. The third-order valence-corrected chi connectivity index (χ3v) is 3.60. The summed E-state index contributed by atoms with van der Waals surface area (Å²) in [4.78, 5) is 25.2. The van der Waals surface area contributed by atoms with Crippen molar-refractivity contribution >= 4 is 11.9 Å². The first-order valence-corrected chi connectivity index (χ1v) is 8.43. The van der Waals surface area contributed by atoms with E-state index in [1.165, 1.54) is 0 Å². The van der Waals surface area contributed by atoms with Crippen molar-refractivity contribution in [2.75, 3.05) is 0 Å². The molecule has 1 atom stereocenters. The van der Waals surface area contributed by atoms with Gasteiger partial charge in [0, 0.05) is 6.54 Å². The van der Waals surface area contributed by atoms with Crippen LogP contribution in [0.1, 0.15) is 31.9 Å². The van der Waals surface area contributed by atoms with E-state index in [4.69, 9.17) is 4.74 Å². The zero-order valence-corrected chi connectivity index (χ0v) is 15.0. The fourth-order valence-corrected chi connectivity index (χ4v) is 2.41. The Morgan fingerprint density at radius 1 is 0.920 bits per heavy atom. The quantitative estimate of drug-likeness (QED) is 0.647. The lowest BCUT2D eigenvalue weighted by Crippen LogP contribution is -2.40. The molecule has 4 nitrogen and oxygen atoms in total. The van der Waals surface area contributed by atoms with Crippen LogP contribution in [-0.4, -0.2) is 17.5 Å². The highest BCUT2D eigenvalue weighted by Gasteiger charge is 2.31. The van der Waals surface area contributed by atoms with E-state index >= 15 is 0 Å². The Morgan fingerprint density at radius 3 is 1.96 bits per heavy atom. The van der Waals surface area contributed by atoms with Gasteiger partial charge in [0.05, 0.1) is 0 Å². The first-order chi connectivity index (χ1) is 11.8. The monoisotopic (exact) mass is 339 g/mol. The molecule has 0 heterocycles. The lowest BCUT2D eigenvalue weighted by molar-refractivity contribution is -0.162. The molecule has 0 saturated carbocycles. The lowest BCUT2D eigenvalue weighted by Gasteiger charge is -2.23. The highest BCUT2D eigenvalue weighted by molar-refractivity contribution is 5.98. The number of rotatable bonds is 6. The summed E-state index contributed by atoms with van der Waals surface area (Å²) in [5.74, 6) is -1.69. The first-order valence-electron chi connectivity index (χ1n) is 8.43. The molecule has 4 heteroatoms. The summed E-state index contributed by atoms with van der Waals surface area (Å²) in [6, 6.07) is 19.1. The van der Waals surface area contributed by atoms with Crippen molar-refractivity contribution < 1.29 is 14.3 Å². The summed E-state index contributed by atoms with van der Waals surface area (Å²) in [6.45, 7) is 5.78. The molecule has 1 amide bonds. The van der Waals surface area contributed by atoms with Gasteiger partial charge in [-0.1, -0.05) is 60.7 Å². The molecular formula is C21H25NO3. The van der Waals surface area contributed by atoms with Crippen LogP contribution < -0.4 is 5.32 Å². The largest absolute Gasteiger partial charge is 0.459 e. The highest BCUT2D eigenvalue weighted by Crippen LogP contribution is 2.16. The van der Waals surface area contributed by atoms with Crippen LogP contribution in [0.4, 0.5) is 0 Å². The molecule has 0 spiro atoms. The number of esters is 1. The van der Waals surface area contributed by atoms with Crippen LogP contribution >= 0.6 is 0 Å². The molecule has 0 saturated heterocycles. The average molecular weight is 339 g/mol. The van der Waals surface area contributed by atoms with E-state index in [0.717, 1.165) is 11.1 Å². The maximum Gasteiger partial charge on any atom is 0.319 e. The Bertz CT molecular complexity index is 690. The van der Waals surface area contributed by atoms with E-state index in [1.807, 2.05) is 60.7 Å². The van der Waals surface area contributed by atoms with Gasteiger partial charge >= 0.3 is 5.97 Å². The second-order valence-electron chi connectivity index (χ2n) is 6.98. The number of benzene rings is 2. The van der Waals surface area contributed by atoms with Crippen LogP contribution in [0.25, 0.3) is 0 Å². The van der Waals surface area contributed by atoms with E-state index in [-0.39, 0.29) is 5.91 Å². The van der Waals surface area contributed by atoms with Gasteiger partial charge in [-0.05, 0) is 38.3 Å². The topological polar surface area (TPSA) is 55.4 Å². The van der Waals surface area contributed by atoms with Crippen molar-refractivity contribution in [3.05, 3.63) is 71.8 Å². The normalized spacial score (nSPS) is 12.3. The van der Waals surface area contributed by atoms with Gasteiger partial charge in [-0.3, -0.25) is 9.59 Å². The van der Waals surface area contributed by atoms with E-state index in [0.29, 0.717) is 13.0 Å². The van der Waals surface area contributed by atoms with Crippen LogP contribution in [0.15, 0.2) is 60.7 Å². The Kier molecular flexibility index (Phi) is 6.34. The molecule has 0 aliphatic carbocycles. The van der Waals surface area contributed by atoms with Gasteiger partial charge in [0.2, 0.25) is 5.91 Å². The van der Waals surface area contributed by atoms with Crippen molar-refractivity contribution in [3.63, 3.8) is 0 Å². The maximum atomic E-state index is 12.6. The number of hydrogen-bond acceptors (Lipinski definition) is 3. The molecule has 0 aromatic heterocycles. The predicted molar refractivity (Wildman–Crippen MR) is 97.8 cm³/mol. The number of nitrogens with one attached hydrogen (secondary N) is 1. The molecule has 2 rings (SSSR count). The molecule has 2 aromatic carbocycles. The van der Waals surface area contributed by atoms with E-state index in [9.17, 15) is 9.59 Å². The molecule has 1 N–H and O–H groups in total. The van der Waals surface area contributed by atoms with Crippen LogP contribution in [-0.2, 0) is 27.3 Å². The fourth-order valence-electron chi connectivity index (χ4n) is 2.41. The summed E-state index contributed by atoms with van der Waals surface area (Å²) >= 11 is 0. The minimum atomic E-state index is -0.870. The van der Waals surface area contributed by atoms with E-state index in [2.05, 4.69) is 5.32 Å². The molecule has 0 bridgehead atoms. The van der Waals surface area contributed by atoms with Crippen molar-refractivity contribution in [3.8, 4) is 0 Å². The molecule has 132 valence electrons. The molecule has 0 radical (unpaired) electrons. The summed E-state index contributed by atoms with van der Waals surface area (Å²) in [5, 5.41) is 2.85. The van der Waals surface area contributed by atoms with Crippen LogP contribution in [0.3, 0.4) is 0 Å². The standard InChI is InChI=1S/C21H25NO3/c1-21(2,3)25-20(24)18(14-16-10-6-4-7-11-16)19(23)22-15-17-12-8-5-9-13-17/h4-13,18H,14-15H2,1-3H3,(H,22,23)/t18-/m1/s1. The predicted octanol–water partition coefficient (Wildman–Crippen LogP) is 3.50. The second-order valence-corrected chi connectivity index (χ2v) is 6.98. The van der Waals surface area contributed by atoms with Crippen LogP contribution in [0.2, 0.25) is 0 Å². The van der Waals surface area contributed by atoms with Gasteiger partial charge in [-0.25, -0.2) is 0 Å². The molecule has 25 heavy (non-hydrogen) atoms. The van der Waals surface area contributed by atoms with Crippen molar-refractivity contribution in [2.45, 2.75) is 39.3 Å². The number of hydrogen-bond donors (Lipinski definition) is 1. The Morgan fingerprint density at radius 2 is 1.44 bits per heavy atom. The zero-order valence-electron chi connectivity index (χ0n) is 15.0. The minimum absolute atomic E-state index is 0.316. The van der Waals surface area contributed by atoms with Crippen LogP contribution in [0.5, 0.6) is 0 Å². The summed E-state index contributed by atoms with van der Waals surface area (Å²) in [5.41, 5.74) is 1.28. The number of amides is 1. The molecular weight excluding hydrogens is 314 g/mol. The van der Waals surface area contributed by atoms with Crippen molar-refractivity contribution in [1.29, 1.82) is 0 Å². The molecule has 0 aliphatic rings. The fraction of sp³-hybridized carbons (Fsp3) is 0.333. The van der Waals surface area contributed by atoms with Gasteiger partial charge in [-0.2, -0.15) is 0 Å². The van der Waals surface area contributed by atoms with E-state index in [1.54, 1.807) is 20.8 Å². The Balaban J connectivity index is 2.09. The SMILES string of the molecule is CC(C)(C)OC(=O)[C@H](Cc1ccccc1)C(=O)NCc1ccccc1. The van der Waals surface area contributed by atoms with Crippen molar-refractivity contribution in [2.24, 2.45) is 5.92 Å². The maximum absolute atomic E-state index is 12.6. The van der Waals surface area contributed by atoms with Gasteiger partial charge < -0.3 is 10.1 Å².